The molecule has 41 heavy (non-hydrogen) atoms. The summed E-state index contributed by atoms with van der Waals surface area (Å²) in [5.41, 5.74) is -0.698. The first-order valence-corrected chi connectivity index (χ1v) is 15.1. The minimum atomic E-state index is -1.70. The molecule has 0 bridgehead atoms. The Kier molecular flexibility index (Phi) is 8.03. The maximum Gasteiger partial charge on any atom is 0.306 e. The van der Waals surface area contributed by atoms with Gasteiger partial charge in [0.1, 0.15) is 5.60 Å². The van der Waals surface area contributed by atoms with Crippen LogP contribution < -0.4 is 5.32 Å². The van der Waals surface area contributed by atoms with Gasteiger partial charge in [-0.15, -0.1) is 0 Å². The Labute approximate surface area is 241 Å². The molecule has 0 heterocycles. The number of benzene rings is 1. The van der Waals surface area contributed by atoms with Crippen LogP contribution in [0.2, 0.25) is 0 Å². The van der Waals surface area contributed by atoms with Gasteiger partial charge >= 0.3 is 5.97 Å². The first kappa shape index (κ1) is 29.6. The van der Waals surface area contributed by atoms with Gasteiger partial charge in [0.05, 0.1) is 18.6 Å². The highest BCUT2D eigenvalue weighted by Gasteiger charge is 2.68. The number of nitrogens with one attached hydrogen (secondary N) is 1. The second-order valence-corrected chi connectivity index (χ2v) is 13.3. The second kappa shape index (κ2) is 11.1. The fourth-order valence-electron chi connectivity index (χ4n) is 8.84. The number of Topliss-reactive ketones (excluding diaryl/α,β-unsaturated/α-hetero) is 1. The topological polar surface area (TPSA) is 130 Å². The zero-order valence-corrected chi connectivity index (χ0v) is 24.4. The van der Waals surface area contributed by atoms with Gasteiger partial charge in [0.25, 0.3) is 0 Å². The molecule has 3 fully saturated rings. The summed E-state index contributed by atoms with van der Waals surface area (Å²) in [4.78, 5) is 50.3. The highest BCUT2D eigenvalue weighted by Crippen LogP contribution is 2.67. The number of hydrogen-bond acceptors (Lipinski definition) is 7. The molecule has 0 spiro atoms. The summed E-state index contributed by atoms with van der Waals surface area (Å²) in [6.07, 6.45) is 4.88. The monoisotopic (exact) mass is 565 g/mol. The van der Waals surface area contributed by atoms with E-state index in [1.54, 1.807) is 6.08 Å². The standard InChI is InChI=1S/C33H43NO7/c1-20(21-7-5-4-6-8-21)34-28(38)11-12-29(39)41-19-27(37)33(40)16-14-25-24-10-9-22-17-23(35)13-15-31(22,2)30(24)26(36)18-32(25,33)3/h4-8,17,20,24-26,30,36,40H,9-16,18-19H2,1-3H3,(H,34,38)/t20-,24-,25-,26+,30+,31-,32-,33-/m0/s1. The molecule has 4 aliphatic rings. The van der Waals surface area contributed by atoms with Crippen molar-refractivity contribution < 1.29 is 34.1 Å². The summed E-state index contributed by atoms with van der Waals surface area (Å²) >= 11 is 0. The molecule has 0 unspecified atom stereocenters. The maximum absolute atomic E-state index is 13.4. The van der Waals surface area contributed by atoms with E-state index in [9.17, 15) is 29.4 Å². The minimum absolute atomic E-state index is 0.0142. The Balaban J connectivity index is 1.18. The molecule has 3 saturated carbocycles. The van der Waals surface area contributed by atoms with Gasteiger partial charge in [-0.05, 0) is 80.3 Å². The number of amides is 1. The van der Waals surface area contributed by atoms with Crippen LogP contribution in [0, 0.1) is 28.6 Å². The smallest absolute Gasteiger partial charge is 0.306 e. The van der Waals surface area contributed by atoms with E-state index in [0.29, 0.717) is 12.8 Å². The van der Waals surface area contributed by atoms with Crippen LogP contribution in [0.15, 0.2) is 42.0 Å². The lowest BCUT2D eigenvalue weighted by atomic mass is 9.45. The van der Waals surface area contributed by atoms with Crippen molar-refractivity contribution in [3.63, 3.8) is 0 Å². The molecule has 0 radical (unpaired) electrons. The minimum Gasteiger partial charge on any atom is -0.458 e. The highest BCUT2D eigenvalue weighted by molar-refractivity contribution is 5.92. The summed E-state index contributed by atoms with van der Waals surface area (Å²) in [6, 6.07) is 9.30. The van der Waals surface area contributed by atoms with Crippen molar-refractivity contribution in [1.82, 2.24) is 5.32 Å². The second-order valence-electron chi connectivity index (χ2n) is 13.3. The molecule has 3 N–H and O–H groups in total. The fraction of sp³-hybridized carbons (Fsp3) is 0.636. The van der Waals surface area contributed by atoms with Crippen molar-refractivity contribution in [2.75, 3.05) is 6.61 Å². The zero-order valence-electron chi connectivity index (χ0n) is 24.4. The molecule has 5 rings (SSSR count). The van der Waals surface area contributed by atoms with Gasteiger partial charge in [0.2, 0.25) is 11.7 Å². The lowest BCUT2D eigenvalue weighted by Gasteiger charge is -2.60. The number of rotatable bonds is 8. The predicted molar refractivity (Wildman–Crippen MR) is 151 cm³/mol. The van der Waals surface area contributed by atoms with Crippen molar-refractivity contribution in [2.24, 2.45) is 28.6 Å². The third-order valence-electron chi connectivity index (χ3n) is 11.1. The number of carbonyl (C=O) groups excluding carboxylic acids is 4. The normalized spacial score (nSPS) is 36.7. The van der Waals surface area contributed by atoms with Crippen molar-refractivity contribution in [3.8, 4) is 0 Å². The van der Waals surface area contributed by atoms with Gasteiger partial charge in [-0.3, -0.25) is 19.2 Å². The van der Waals surface area contributed by atoms with Crippen LogP contribution in [0.1, 0.15) is 90.2 Å². The van der Waals surface area contributed by atoms with Crippen LogP contribution in [-0.2, 0) is 23.9 Å². The van der Waals surface area contributed by atoms with Gasteiger partial charge in [0.15, 0.2) is 12.4 Å². The number of carbonyl (C=O) groups is 4. The van der Waals surface area contributed by atoms with E-state index in [0.717, 1.165) is 30.4 Å². The van der Waals surface area contributed by atoms with Gasteiger partial charge in [-0.1, -0.05) is 49.8 Å². The fourth-order valence-corrected chi connectivity index (χ4v) is 8.84. The van der Waals surface area contributed by atoms with Crippen LogP contribution in [0.4, 0.5) is 0 Å². The van der Waals surface area contributed by atoms with Crippen molar-refractivity contribution in [3.05, 3.63) is 47.5 Å². The number of fused-ring (bicyclic) bond motifs is 5. The van der Waals surface area contributed by atoms with Crippen molar-refractivity contribution in [1.29, 1.82) is 0 Å². The molecule has 0 saturated heterocycles. The number of hydrogen-bond donors (Lipinski definition) is 3. The summed E-state index contributed by atoms with van der Waals surface area (Å²) in [5, 5.41) is 26.2. The molecule has 0 aromatic heterocycles. The van der Waals surface area contributed by atoms with Crippen molar-refractivity contribution >= 4 is 23.4 Å². The SMILES string of the molecule is C[C@H](NC(=O)CCC(=O)OCC(=O)[C@@]1(O)CC[C@H]2[C@@H]3CCC4=CC(=O)CC[C@]4(C)[C@H]3[C@H](O)C[C@@]21C)c1ccccc1. The van der Waals surface area contributed by atoms with Gasteiger partial charge in [-0.25, -0.2) is 0 Å². The summed E-state index contributed by atoms with van der Waals surface area (Å²) in [5.74, 6) is -1.17. The van der Waals surface area contributed by atoms with Gasteiger partial charge < -0.3 is 20.3 Å². The third kappa shape index (κ3) is 5.18. The third-order valence-corrected chi connectivity index (χ3v) is 11.1. The molecule has 0 aliphatic heterocycles. The molecule has 1 aromatic rings. The van der Waals surface area contributed by atoms with E-state index in [-0.39, 0.29) is 66.6 Å². The lowest BCUT2D eigenvalue weighted by Crippen LogP contribution is -2.62. The average Bonchev–Trinajstić information content (AvgIpc) is 3.21. The van der Waals surface area contributed by atoms with Gasteiger partial charge in [0, 0.05) is 18.3 Å². The first-order chi connectivity index (χ1) is 19.4. The predicted octanol–water partition coefficient (Wildman–Crippen LogP) is 3.99. The van der Waals surface area contributed by atoms with Crippen LogP contribution in [0.3, 0.4) is 0 Å². The summed E-state index contributed by atoms with van der Waals surface area (Å²) in [6.45, 7) is 5.38. The quantitative estimate of drug-likeness (QED) is 0.407. The molecule has 1 aromatic carbocycles. The zero-order chi connectivity index (χ0) is 29.6. The molecule has 1 amide bonds. The molecule has 222 valence electrons. The number of aliphatic hydroxyl groups excluding tert-OH is 1. The van der Waals surface area contributed by atoms with E-state index in [4.69, 9.17) is 4.74 Å². The lowest BCUT2D eigenvalue weighted by molar-refractivity contribution is -0.184. The van der Waals surface area contributed by atoms with E-state index < -0.39 is 35.5 Å². The van der Waals surface area contributed by atoms with E-state index in [1.165, 1.54) is 0 Å². The Morgan fingerprint density at radius 3 is 2.54 bits per heavy atom. The Hall–Kier alpha value is -2.84. The van der Waals surface area contributed by atoms with Crippen molar-refractivity contribution in [2.45, 2.75) is 96.3 Å². The highest BCUT2D eigenvalue weighted by atomic mass is 16.5. The van der Waals surface area contributed by atoms with E-state index >= 15 is 0 Å². The Morgan fingerprint density at radius 1 is 1.07 bits per heavy atom. The molecule has 8 heteroatoms. The maximum atomic E-state index is 13.4. The Bertz CT molecular complexity index is 1240. The van der Waals surface area contributed by atoms with E-state index in [2.05, 4.69) is 12.2 Å². The number of ether oxygens (including phenoxy) is 1. The number of aliphatic hydroxyl groups is 2. The molecule has 4 aliphatic carbocycles. The van der Waals surface area contributed by atoms with E-state index in [1.807, 2.05) is 44.2 Å². The van der Waals surface area contributed by atoms with Crippen LogP contribution in [-0.4, -0.2) is 52.0 Å². The molecular weight excluding hydrogens is 522 g/mol. The number of ketones is 2. The molecular formula is C33H43NO7. The van der Waals surface area contributed by atoms with Gasteiger partial charge in [-0.2, -0.15) is 0 Å². The largest absolute Gasteiger partial charge is 0.458 e. The summed E-state index contributed by atoms with van der Waals surface area (Å²) in [7, 11) is 0. The Morgan fingerprint density at radius 2 is 1.80 bits per heavy atom. The average molecular weight is 566 g/mol. The van der Waals surface area contributed by atoms with Crippen LogP contribution >= 0.6 is 0 Å². The molecule has 8 atom stereocenters. The van der Waals surface area contributed by atoms with Crippen LogP contribution in [0.25, 0.3) is 0 Å². The van der Waals surface area contributed by atoms with Crippen LogP contribution in [0.5, 0.6) is 0 Å². The molecule has 8 nitrogen and oxygen atoms in total. The number of allylic oxidation sites excluding steroid dienone is 1. The first-order valence-electron chi connectivity index (χ1n) is 15.1. The number of esters is 1. The summed E-state index contributed by atoms with van der Waals surface area (Å²) < 4.78 is 5.25.